The van der Waals surface area contributed by atoms with E-state index < -0.39 is 12.1 Å². The first-order valence-electron chi connectivity index (χ1n) is 7.25. The first-order valence-corrected chi connectivity index (χ1v) is 7.25. The molecule has 1 aromatic carbocycles. The lowest BCUT2D eigenvalue weighted by atomic mass is 10.1. The molecule has 0 saturated heterocycles. The van der Waals surface area contributed by atoms with Gasteiger partial charge in [0.1, 0.15) is 19.5 Å². The Kier molecular flexibility index (Phi) is 4.27. The number of carbonyl (C=O) groups is 2. The van der Waals surface area contributed by atoms with Crippen LogP contribution in [0.25, 0.3) is 0 Å². The Bertz CT molecular complexity index is 579. The van der Waals surface area contributed by atoms with E-state index in [2.05, 4.69) is 5.32 Å². The monoisotopic (exact) mass is 303 g/mol. The molecule has 116 valence electrons. The second-order valence-corrected chi connectivity index (χ2v) is 5.18. The molecule has 1 aromatic rings. The van der Waals surface area contributed by atoms with Gasteiger partial charge in [-0.3, -0.25) is 4.79 Å². The quantitative estimate of drug-likeness (QED) is 0.833. The molecule has 6 heteroatoms. The fourth-order valence-corrected chi connectivity index (χ4v) is 2.05. The van der Waals surface area contributed by atoms with Crippen LogP contribution in [-0.2, 0) is 23.8 Å². The molecule has 0 aromatic heterocycles. The maximum Gasteiger partial charge on any atom is 0.378 e. The molecule has 1 saturated carbocycles. The predicted octanol–water partition coefficient (Wildman–Crippen LogP) is 1.44. The molecular weight excluding hydrogens is 286 g/mol. The molecule has 2 aliphatic rings. The summed E-state index contributed by atoms with van der Waals surface area (Å²) in [6.07, 6.45) is 2.14. The third-order valence-electron chi connectivity index (χ3n) is 3.34. The molecule has 1 N–H and O–H groups in total. The molecule has 1 fully saturated rings. The molecule has 1 aliphatic heterocycles. The van der Waals surface area contributed by atoms with Gasteiger partial charge in [0.2, 0.25) is 11.9 Å². The maximum absolute atomic E-state index is 12.3. The molecule has 0 unspecified atom stereocenters. The number of hydrogen-bond donors (Lipinski definition) is 1. The molecular formula is C16H17NO5. The van der Waals surface area contributed by atoms with E-state index in [-0.39, 0.29) is 24.3 Å². The fraction of sp³-hybridized carbons (Fsp3) is 0.375. The highest BCUT2D eigenvalue weighted by Gasteiger charge is 2.32. The number of carbonyl (C=O) groups excluding carboxylic acids is 2. The van der Waals surface area contributed by atoms with Crippen LogP contribution in [0.5, 0.6) is 0 Å². The van der Waals surface area contributed by atoms with Gasteiger partial charge in [-0.2, -0.15) is 0 Å². The Morgan fingerprint density at radius 3 is 2.59 bits per heavy atom. The zero-order valence-electron chi connectivity index (χ0n) is 12.0. The van der Waals surface area contributed by atoms with E-state index in [0.29, 0.717) is 12.2 Å². The van der Waals surface area contributed by atoms with Crippen molar-refractivity contribution in [2.45, 2.75) is 25.0 Å². The third kappa shape index (κ3) is 3.58. The summed E-state index contributed by atoms with van der Waals surface area (Å²) in [6.45, 7) is 0.673. The van der Waals surface area contributed by atoms with E-state index in [1.807, 2.05) is 6.07 Å². The van der Waals surface area contributed by atoms with Crippen LogP contribution in [0.15, 0.2) is 42.4 Å². The van der Waals surface area contributed by atoms with Crippen molar-refractivity contribution in [2.24, 2.45) is 0 Å². The minimum absolute atomic E-state index is 0.0218. The number of nitrogens with one attached hydrogen (secondary N) is 1. The van der Waals surface area contributed by atoms with Crippen LogP contribution in [-0.4, -0.2) is 31.1 Å². The van der Waals surface area contributed by atoms with Gasteiger partial charge >= 0.3 is 5.97 Å². The lowest BCUT2D eigenvalue weighted by Gasteiger charge is -2.20. The number of ether oxygens (including phenoxy) is 3. The van der Waals surface area contributed by atoms with Crippen LogP contribution in [0.3, 0.4) is 0 Å². The van der Waals surface area contributed by atoms with Crippen molar-refractivity contribution in [3.8, 4) is 0 Å². The fourth-order valence-electron chi connectivity index (χ4n) is 2.05. The first-order chi connectivity index (χ1) is 10.7. The molecule has 6 nitrogen and oxygen atoms in total. The first kappa shape index (κ1) is 14.4. The maximum atomic E-state index is 12.3. The van der Waals surface area contributed by atoms with E-state index in [1.165, 1.54) is 6.26 Å². The Labute approximate surface area is 128 Å². The van der Waals surface area contributed by atoms with Gasteiger partial charge in [-0.25, -0.2) is 4.79 Å². The zero-order chi connectivity index (χ0) is 15.4. The molecule has 22 heavy (non-hydrogen) atoms. The van der Waals surface area contributed by atoms with E-state index in [4.69, 9.17) is 14.2 Å². The molecule has 1 heterocycles. The van der Waals surface area contributed by atoms with Gasteiger partial charge < -0.3 is 19.5 Å². The largest absolute Gasteiger partial charge is 0.493 e. The minimum Gasteiger partial charge on any atom is -0.493 e. The molecule has 0 radical (unpaired) electrons. The molecule has 0 spiro atoms. The number of esters is 1. The highest BCUT2D eigenvalue weighted by atomic mass is 16.6. The Morgan fingerprint density at radius 2 is 1.95 bits per heavy atom. The van der Waals surface area contributed by atoms with Gasteiger partial charge in [-0.15, -0.1) is 0 Å². The second-order valence-electron chi connectivity index (χ2n) is 5.18. The Morgan fingerprint density at radius 1 is 1.18 bits per heavy atom. The van der Waals surface area contributed by atoms with Gasteiger partial charge in [0, 0.05) is 11.6 Å². The van der Waals surface area contributed by atoms with E-state index in [9.17, 15) is 9.59 Å². The van der Waals surface area contributed by atoms with Crippen LogP contribution in [0.4, 0.5) is 0 Å². The van der Waals surface area contributed by atoms with Crippen molar-refractivity contribution >= 4 is 11.9 Å². The summed E-state index contributed by atoms with van der Waals surface area (Å²) in [6, 6.07) is 9.10. The SMILES string of the molecule is O=C(O[C@H](C(=O)NC1CC1)c1ccccc1)C1=COCCO1. The Balaban J connectivity index is 1.74. The topological polar surface area (TPSA) is 73.9 Å². The third-order valence-corrected chi connectivity index (χ3v) is 3.34. The van der Waals surface area contributed by atoms with Crippen LogP contribution >= 0.6 is 0 Å². The number of hydrogen-bond acceptors (Lipinski definition) is 5. The predicted molar refractivity (Wildman–Crippen MR) is 76.4 cm³/mol. The van der Waals surface area contributed by atoms with Gasteiger partial charge in [-0.05, 0) is 12.8 Å². The highest BCUT2D eigenvalue weighted by Crippen LogP contribution is 2.24. The van der Waals surface area contributed by atoms with Crippen LogP contribution < -0.4 is 5.32 Å². The molecule has 0 bridgehead atoms. The molecule has 3 rings (SSSR count). The Hall–Kier alpha value is -2.50. The van der Waals surface area contributed by atoms with Crippen LogP contribution in [0.1, 0.15) is 24.5 Å². The van der Waals surface area contributed by atoms with Gasteiger partial charge in [-0.1, -0.05) is 30.3 Å². The van der Waals surface area contributed by atoms with Crippen LogP contribution in [0.2, 0.25) is 0 Å². The number of rotatable bonds is 5. The van der Waals surface area contributed by atoms with Gasteiger partial charge in [0.05, 0.1) is 0 Å². The van der Waals surface area contributed by atoms with E-state index in [0.717, 1.165) is 12.8 Å². The number of amides is 1. The summed E-state index contributed by atoms with van der Waals surface area (Å²) < 4.78 is 15.6. The van der Waals surface area contributed by atoms with Gasteiger partial charge in [0.25, 0.3) is 5.91 Å². The van der Waals surface area contributed by atoms with Crippen molar-refractivity contribution in [3.63, 3.8) is 0 Å². The highest BCUT2D eigenvalue weighted by molar-refractivity contribution is 5.90. The molecule has 1 atom stereocenters. The van der Waals surface area contributed by atoms with Crippen molar-refractivity contribution < 1.29 is 23.8 Å². The smallest absolute Gasteiger partial charge is 0.378 e. The average Bonchev–Trinajstić information content (AvgIpc) is 3.38. The normalized spacial score (nSPS) is 18.3. The standard InChI is InChI=1S/C16H17NO5/c18-15(17-12-6-7-12)14(11-4-2-1-3-5-11)22-16(19)13-10-20-8-9-21-13/h1-5,10,12,14H,6-9H2,(H,17,18)/t14-/m0/s1. The lowest BCUT2D eigenvalue weighted by Crippen LogP contribution is -2.34. The molecule has 1 aliphatic carbocycles. The van der Waals surface area contributed by atoms with E-state index in [1.54, 1.807) is 24.3 Å². The summed E-state index contributed by atoms with van der Waals surface area (Å²) in [5.74, 6) is -1.05. The minimum atomic E-state index is -0.999. The van der Waals surface area contributed by atoms with Crippen molar-refractivity contribution in [3.05, 3.63) is 47.9 Å². The van der Waals surface area contributed by atoms with Crippen molar-refractivity contribution in [2.75, 3.05) is 13.2 Å². The summed E-state index contributed by atoms with van der Waals surface area (Å²) in [4.78, 5) is 24.4. The average molecular weight is 303 g/mol. The van der Waals surface area contributed by atoms with Crippen molar-refractivity contribution in [1.82, 2.24) is 5.32 Å². The summed E-state index contributed by atoms with van der Waals surface area (Å²) in [7, 11) is 0. The zero-order valence-corrected chi connectivity index (χ0v) is 12.0. The number of benzene rings is 1. The molecule has 1 amide bonds. The summed E-state index contributed by atoms with van der Waals surface area (Å²) in [5, 5.41) is 2.85. The van der Waals surface area contributed by atoms with E-state index >= 15 is 0 Å². The summed E-state index contributed by atoms with van der Waals surface area (Å²) in [5.41, 5.74) is 0.617. The second kappa shape index (κ2) is 6.51. The van der Waals surface area contributed by atoms with Crippen molar-refractivity contribution in [1.29, 1.82) is 0 Å². The summed E-state index contributed by atoms with van der Waals surface area (Å²) >= 11 is 0. The van der Waals surface area contributed by atoms with Crippen LogP contribution in [0, 0.1) is 0 Å². The van der Waals surface area contributed by atoms with Gasteiger partial charge in [0.15, 0.2) is 0 Å². The lowest BCUT2D eigenvalue weighted by molar-refractivity contribution is -0.157.